The molecule has 9 nitrogen and oxygen atoms in total. The van der Waals surface area contributed by atoms with E-state index >= 15 is 0 Å². The molecular weight excluding hydrogens is 424 g/mol. The highest BCUT2D eigenvalue weighted by atomic mass is 16.5. The lowest BCUT2D eigenvalue weighted by molar-refractivity contribution is -0.123. The number of amides is 2. The predicted molar refractivity (Wildman–Crippen MR) is 121 cm³/mol. The van der Waals surface area contributed by atoms with E-state index in [0.29, 0.717) is 28.0 Å². The second-order valence-electron chi connectivity index (χ2n) is 6.89. The summed E-state index contributed by atoms with van der Waals surface area (Å²) in [5.74, 6) is -0.395. The number of rotatable bonds is 6. The first-order chi connectivity index (χ1) is 16.1. The van der Waals surface area contributed by atoms with Crippen molar-refractivity contribution in [3.8, 4) is 17.2 Å². The van der Waals surface area contributed by atoms with Crippen LogP contribution < -0.4 is 25.9 Å². The summed E-state index contributed by atoms with van der Waals surface area (Å²) in [7, 11) is 1.49. The van der Waals surface area contributed by atoms with Crippen molar-refractivity contribution in [3.63, 3.8) is 0 Å². The van der Waals surface area contributed by atoms with Crippen molar-refractivity contribution < 1.29 is 19.1 Å². The van der Waals surface area contributed by atoms with Crippen molar-refractivity contribution in [2.75, 3.05) is 13.7 Å². The number of hydrogen-bond donors (Lipinski definition) is 2. The SMILES string of the molecule is COc1ccccc1OCC(=O)NNC(=O)c1nn(-c2ccccc2)c(=O)c2ccccc12. The number of hydrogen-bond acceptors (Lipinski definition) is 6. The summed E-state index contributed by atoms with van der Waals surface area (Å²) in [6.45, 7) is -0.349. The zero-order valence-corrected chi connectivity index (χ0v) is 17.6. The van der Waals surface area contributed by atoms with Gasteiger partial charge >= 0.3 is 0 Å². The van der Waals surface area contributed by atoms with Crippen LogP contribution in [0.15, 0.2) is 83.7 Å². The molecule has 0 atom stereocenters. The maximum Gasteiger partial charge on any atom is 0.290 e. The highest BCUT2D eigenvalue weighted by Crippen LogP contribution is 2.25. The Morgan fingerprint density at radius 1 is 0.848 bits per heavy atom. The third-order valence-corrected chi connectivity index (χ3v) is 4.76. The lowest BCUT2D eigenvalue weighted by atomic mass is 10.1. The first-order valence-electron chi connectivity index (χ1n) is 10.0. The molecule has 9 heteroatoms. The van der Waals surface area contributed by atoms with Gasteiger partial charge in [0.25, 0.3) is 17.4 Å². The molecular formula is C24H20N4O5. The fraction of sp³-hybridized carbons (Fsp3) is 0.0833. The van der Waals surface area contributed by atoms with E-state index in [9.17, 15) is 14.4 Å². The van der Waals surface area contributed by atoms with Crippen LogP contribution in [-0.2, 0) is 4.79 Å². The van der Waals surface area contributed by atoms with Crippen molar-refractivity contribution in [2.45, 2.75) is 0 Å². The van der Waals surface area contributed by atoms with Crippen LogP contribution in [0.3, 0.4) is 0 Å². The molecule has 2 N–H and O–H groups in total. The Labute approximate surface area is 188 Å². The molecule has 0 aliphatic heterocycles. The predicted octanol–water partition coefficient (Wildman–Crippen LogP) is 2.23. The van der Waals surface area contributed by atoms with Gasteiger partial charge in [-0.2, -0.15) is 9.78 Å². The number of carbonyl (C=O) groups excluding carboxylic acids is 2. The number of nitrogens with one attached hydrogen (secondary N) is 2. The Hall–Kier alpha value is -4.66. The van der Waals surface area contributed by atoms with Crippen LogP contribution >= 0.6 is 0 Å². The summed E-state index contributed by atoms with van der Waals surface area (Å²) in [6.07, 6.45) is 0. The Balaban J connectivity index is 1.53. The van der Waals surface area contributed by atoms with Gasteiger partial charge in [-0.1, -0.05) is 48.5 Å². The Morgan fingerprint density at radius 3 is 2.21 bits per heavy atom. The van der Waals surface area contributed by atoms with Gasteiger partial charge in [-0.3, -0.25) is 25.2 Å². The average Bonchev–Trinajstić information content (AvgIpc) is 2.87. The number of ether oxygens (including phenoxy) is 2. The zero-order chi connectivity index (χ0) is 23.2. The number of para-hydroxylation sites is 3. The van der Waals surface area contributed by atoms with Crippen LogP contribution in [0.25, 0.3) is 16.5 Å². The van der Waals surface area contributed by atoms with Gasteiger partial charge in [0.05, 0.1) is 18.2 Å². The molecule has 1 heterocycles. The third kappa shape index (κ3) is 4.67. The molecule has 33 heavy (non-hydrogen) atoms. The standard InChI is InChI=1S/C24H20N4O5/c1-32-19-13-7-8-14-20(19)33-15-21(29)25-26-23(30)22-17-11-5-6-12-18(17)24(31)28(27-22)16-9-3-2-4-10-16/h2-14H,15H2,1H3,(H,25,29)(H,26,30). The highest BCUT2D eigenvalue weighted by molar-refractivity contribution is 6.05. The minimum atomic E-state index is -0.679. The second-order valence-corrected chi connectivity index (χ2v) is 6.89. The van der Waals surface area contributed by atoms with E-state index < -0.39 is 11.8 Å². The summed E-state index contributed by atoms with van der Waals surface area (Å²) < 4.78 is 11.8. The van der Waals surface area contributed by atoms with E-state index in [4.69, 9.17) is 9.47 Å². The van der Waals surface area contributed by atoms with Crippen molar-refractivity contribution in [3.05, 3.63) is 94.9 Å². The van der Waals surface area contributed by atoms with E-state index in [-0.39, 0.29) is 17.9 Å². The molecule has 0 unspecified atom stereocenters. The quantitative estimate of drug-likeness (QED) is 0.441. The van der Waals surface area contributed by atoms with Crippen LogP contribution in [0.4, 0.5) is 0 Å². The van der Waals surface area contributed by atoms with Gasteiger partial charge in [-0.05, 0) is 30.3 Å². The summed E-state index contributed by atoms with van der Waals surface area (Å²) >= 11 is 0. The van der Waals surface area contributed by atoms with Crippen molar-refractivity contribution in [1.82, 2.24) is 20.6 Å². The van der Waals surface area contributed by atoms with Gasteiger partial charge in [-0.15, -0.1) is 0 Å². The molecule has 0 spiro atoms. The number of benzene rings is 3. The summed E-state index contributed by atoms with van der Waals surface area (Å²) in [5, 5.41) is 4.95. The topological polar surface area (TPSA) is 112 Å². The molecule has 4 aromatic rings. The van der Waals surface area contributed by atoms with E-state index in [0.717, 1.165) is 4.68 Å². The molecule has 1 aromatic heterocycles. The molecule has 0 aliphatic carbocycles. The van der Waals surface area contributed by atoms with Crippen molar-refractivity contribution in [1.29, 1.82) is 0 Å². The van der Waals surface area contributed by atoms with Gasteiger partial charge < -0.3 is 9.47 Å². The van der Waals surface area contributed by atoms with Crippen LogP contribution in [0.5, 0.6) is 11.5 Å². The van der Waals surface area contributed by atoms with Crippen LogP contribution in [0, 0.1) is 0 Å². The van der Waals surface area contributed by atoms with E-state index in [1.54, 1.807) is 72.8 Å². The lowest BCUT2D eigenvalue weighted by Crippen LogP contribution is -2.44. The third-order valence-electron chi connectivity index (χ3n) is 4.76. The molecule has 0 fully saturated rings. The molecule has 0 saturated carbocycles. The number of aromatic nitrogens is 2. The van der Waals surface area contributed by atoms with Crippen molar-refractivity contribution in [2.24, 2.45) is 0 Å². The largest absolute Gasteiger partial charge is 0.493 e. The van der Waals surface area contributed by atoms with Crippen LogP contribution in [-0.4, -0.2) is 35.3 Å². The van der Waals surface area contributed by atoms with Gasteiger partial charge in [0.1, 0.15) is 0 Å². The first kappa shape index (κ1) is 21.6. The van der Waals surface area contributed by atoms with E-state index in [2.05, 4.69) is 16.0 Å². The highest BCUT2D eigenvalue weighted by Gasteiger charge is 2.18. The lowest BCUT2D eigenvalue weighted by Gasteiger charge is -2.13. The number of fused-ring (bicyclic) bond motifs is 1. The zero-order valence-electron chi connectivity index (χ0n) is 17.6. The van der Waals surface area contributed by atoms with Gasteiger partial charge in [-0.25, -0.2) is 0 Å². The summed E-state index contributed by atoms with van der Waals surface area (Å²) in [5.41, 5.74) is 4.76. The normalized spacial score (nSPS) is 10.5. The Morgan fingerprint density at radius 2 is 1.48 bits per heavy atom. The number of nitrogens with zero attached hydrogens (tertiary/aromatic N) is 2. The molecule has 4 rings (SSSR count). The monoisotopic (exact) mass is 444 g/mol. The number of methoxy groups -OCH3 is 1. The minimum absolute atomic E-state index is 0.0139. The van der Waals surface area contributed by atoms with Crippen LogP contribution in [0.1, 0.15) is 10.5 Å². The van der Waals surface area contributed by atoms with Gasteiger partial charge in [0.15, 0.2) is 23.8 Å². The molecule has 0 saturated heterocycles. The number of carbonyl (C=O) groups is 2. The molecule has 2 amide bonds. The molecule has 0 bridgehead atoms. The van der Waals surface area contributed by atoms with E-state index in [1.807, 2.05) is 6.07 Å². The molecule has 0 aliphatic rings. The smallest absolute Gasteiger partial charge is 0.290 e. The fourth-order valence-electron chi connectivity index (χ4n) is 3.20. The van der Waals surface area contributed by atoms with E-state index in [1.165, 1.54) is 7.11 Å². The van der Waals surface area contributed by atoms with Crippen molar-refractivity contribution >= 4 is 22.6 Å². The van der Waals surface area contributed by atoms with Crippen LogP contribution in [0.2, 0.25) is 0 Å². The maximum absolute atomic E-state index is 12.9. The summed E-state index contributed by atoms with van der Waals surface area (Å²) in [4.78, 5) is 38.0. The molecule has 166 valence electrons. The molecule has 3 aromatic carbocycles. The first-order valence-corrected chi connectivity index (χ1v) is 10.0. The number of hydrazine groups is 1. The minimum Gasteiger partial charge on any atom is -0.493 e. The maximum atomic E-state index is 12.9. The Kier molecular flexibility index (Phi) is 6.31. The van der Waals surface area contributed by atoms with Gasteiger partial charge in [0.2, 0.25) is 0 Å². The average molecular weight is 444 g/mol. The van der Waals surface area contributed by atoms with Gasteiger partial charge in [0, 0.05) is 5.39 Å². The molecule has 0 radical (unpaired) electrons. The Bertz CT molecular complexity index is 1370. The second kappa shape index (κ2) is 9.65. The fourth-order valence-corrected chi connectivity index (χ4v) is 3.20. The summed E-state index contributed by atoms with van der Waals surface area (Å²) in [6, 6.07) is 22.3.